The van der Waals surface area contributed by atoms with Crippen molar-refractivity contribution in [1.29, 1.82) is 0 Å². The van der Waals surface area contributed by atoms with Crippen molar-refractivity contribution in [2.24, 2.45) is 5.92 Å². The summed E-state index contributed by atoms with van der Waals surface area (Å²) in [6, 6.07) is 0. The minimum atomic E-state index is -0.683. The molecule has 1 N–H and O–H groups in total. The molecule has 1 saturated heterocycles. The van der Waals surface area contributed by atoms with Gasteiger partial charge in [-0.15, -0.1) is 0 Å². The molecule has 2 aliphatic rings. The smallest absolute Gasteiger partial charge is 0.374 e. The van der Waals surface area contributed by atoms with Crippen molar-refractivity contribution in [1.82, 2.24) is 5.32 Å². The average molecular weight is 169 g/mol. The number of hydrogen-bond acceptors (Lipinski definition) is 3. The summed E-state index contributed by atoms with van der Waals surface area (Å²) in [5.74, 6) is -0.186. The maximum atomic E-state index is 11.3. The Bertz CT molecular complexity index is 251. The SMILES string of the molecule is CC1CCCC12NC(=O)OC2=O. The molecule has 1 aliphatic heterocycles. The average Bonchev–Trinajstić information content (AvgIpc) is 2.44. The molecule has 4 heteroatoms. The molecule has 0 aromatic carbocycles. The Hall–Kier alpha value is -1.06. The summed E-state index contributed by atoms with van der Waals surface area (Å²) in [6.07, 6.45) is 2.10. The molecule has 0 aromatic heterocycles. The highest BCUT2D eigenvalue weighted by Gasteiger charge is 2.54. The van der Waals surface area contributed by atoms with Crippen LogP contribution in [0.2, 0.25) is 0 Å². The van der Waals surface area contributed by atoms with Crippen molar-refractivity contribution in [2.75, 3.05) is 0 Å². The highest BCUT2D eigenvalue weighted by molar-refractivity contribution is 5.99. The van der Waals surface area contributed by atoms with Gasteiger partial charge in [0.25, 0.3) is 0 Å². The van der Waals surface area contributed by atoms with Gasteiger partial charge in [0.15, 0.2) is 0 Å². The monoisotopic (exact) mass is 169 g/mol. The number of amides is 1. The van der Waals surface area contributed by atoms with E-state index < -0.39 is 17.6 Å². The summed E-state index contributed by atoms with van der Waals surface area (Å²) in [7, 11) is 0. The van der Waals surface area contributed by atoms with Gasteiger partial charge in [0.2, 0.25) is 0 Å². The van der Waals surface area contributed by atoms with E-state index in [4.69, 9.17) is 0 Å². The first-order valence-electron chi connectivity index (χ1n) is 4.19. The predicted molar refractivity (Wildman–Crippen MR) is 40.4 cm³/mol. The topological polar surface area (TPSA) is 55.4 Å². The Balaban J connectivity index is 2.31. The van der Waals surface area contributed by atoms with Gasteiger partial charge in [-0.25, -0.2) is 9.59 Å². The van der Waals surface area contributed by atoms with E-state index in [1.807, 2.05) is 6.92 Å². The molecule has 2 rings (SSSR count). The lowest BCUT2D eigenvalue weighted by molar-refractivity contribution is -0.140. The fraction of sp³-hybridized carbons (Fsp3) is 0.750. The zero-order chi connectivity index (χ0) is 8.77. The summed E-state index contributed by atoms with van der Waals surface area (Å²) in [5.41, 5.74) is -0.683. The van der Waals surface area contributed by atoms with Crippen LogP contribution in [0.5, 0.6) is 0 Å². The fourth-order valence-electron chi connectivity index (χ4n) is 2.10. The molecule has 12 heavy (non-hydrogen) atoms. The molecule has 1 saturated carbocycles. The molecule has 1 amide bonds. The van der Waals surface area contributed by atoms with Crippen LogP contribution in [0, 0.1) is 5.92 Å². The molecule has 4 nitrogen and oxygen atoms in total. The molecular formula is C8H11NO3. The highest BCUT2D eigenvalue weighted by atomic mass is 16.6. The molecule has 66 valence electrons. The lowest BCUT2D eigenvalue weighted by atomic mass is 9.89. The van der Waals surface area contributed by atoms with Crippen LogP contribution in [0.15, 0.2) is 0 Å². The second kappa shape index (κ2) is 2.21. The molecule has 1 spiro atoms. The van der Waals surface area contributed by atoms with Gasteiger partial charge in [-0.1, -0.05) is 13.3 Å². The minimum Gasteiger partial charge on any atom is -0.374 e. The molecule has 2 unspecified atom stereocenters. The van der Waals surface area contributed by atoms with Crippen molar-refractivity contribution in [3.63, 3.8) is 0 Å². The summed E-state index contributed by atoms with van der Waals surface area (Å²) < 4.78 is 4.48. The molecule has 1 heterocycles. The van der Waals surface area contributed by atoms with E-state index >= 15 is 0 Å². The third-order valence-corrected chi connectivity index (χ3v) is 2.92. The standard InChI is InChI=1S/C8H11NO3/c1-5-3-2-4-8(5)6(10)12-7(11)9-8/h5H,2-4H2,1H3,(H,9,11). The number of rotatable bonds is 0. The van der Waals surface area contributed by atoms with E-state index in [0.29, 0.717) is 0 Å². The molecule has 2 atom stereocenters. The molecule has 2 fully saturated rings. The van der Waals surface area contributed by atoms with Gasteiger partial charge < -0.3 is 10.1 Å². The number of carbonyl (C=O) groups is 2. The maximum absolute atomic E-state index is 11.3. The largest absolute Gasteiger partial charge is 0.415 e. The van der Waals surface area contributed by atoms with Crippen LogP contribution < -0.4 is 5.32 Å². The lowest BCUT2D eigenvalue weighted by Crippen LogP contribution is -2.48. The van der Waals surface area contributed by atoms with Crippen molar-refractivity contribution in [3.8, 4) is 0 Å². The van der Waals surface area contributed by atoms with E-state index in [9.17, 15) is 9.59 Å². The van der Waals surface area contributed by atoms with Crippen molar-refractivity contribution >= 4 is 12.1 Å². The first-order chi connectivity index (χ1) is 5.65. The zero-order valence-electron chi connectivity index (χ0n) is 6.92. The van der Waals surface area contributed by atoms with E-state index in [1.165, 1.54) is 0 Å². The first kappa shape index (κ1) is 7.58. The third kappa shape index (κ3) is 0.777. The normalized spacial score (nSPS) is 40.2. The highest BCUT2D eigenvalue weighted by Crippen LogP contribution is 2.38. The molecule has 1 aliphatic carbocycles. The van der Waals surface area contributed by atoms with Gasteiger partial charge in [0, 0.05) is 0 Å². The van der Waals surface area contributed by atoms with Crippen LogP contribution in [0.25, 0.3) is 0 Å². The van der Waals surface area contributed by atoms with Crippen LogP contribution >= 0.6 is 0 Å². The summed E-state index contributed by atoms with van der Waals surface area (Å²) >= 11 is 0. The number of carbonyl (C=O) groups excluding carboxylic acids is 2. The Labute approximate surface area is 70.3 Å². The van der Waals surface area contributed by atoms with Crippen molar-refractivity contribution < 1.29 is 14.3 Å². The molecule has 0 radical (unpaired) electrons. The van der Waals surface area contributed by atoms with Crippen LogP contribution in [-0.4, -0.2) is 17.6 Å². The number of alkyl carbamates (subject to hydrolysis) is 1. The Morgan fingerprint density at radius 3 is 2.75 bits per heavy atom. The van der Waals surface area contributed by atoms with Gasteiger partial charge in [0.05, 0.1) is 0 Å². The molecule has 0 bridgehead atoms. The second-order valence-electron chi connectivity index (χ2n) is 3.57. The lowest BCUT2D eigenvalue weighted by Gasteiger charge is -2.22. The van der Waals surface area contributed by atoms with E-state index in [1.54, 1.807) is 0 Å². The third-order valence-electron chi connectivity index (χ3n) is 2.92. The molecular weight excluding hydrogens is 158 g/mol. The van der Waals surface area contributed by atoms with Gasteiger partial charge in [-0.3, -0.25) is 0 Å². The van der Waals surface area contributed by atoms with Crippen molar-refractivity contribution in [2.45, 2.75) is 31.7 Å². The number of nitrogens with one attached hydrogen (secondary N) is 1. The maximum Gasteiger partial charge on any atom is 0.415 e. The van der Waals surface area contributed by atoms with Gasteiger partial charge >= 0.3 is 12.1 Å². The van der Waals surface area contributed by atoms with Crippen molar-refractivity contribution in [3.05, 3.63) is 0 Å². The minimum absolute atomic E-state index is 0.205. The van der Waals surface area contributed by atoms with Gasteiger partial charge in [-0.2, -0.15) is 0 Å². The summed E-state index contributed by atoms with van der Waals surface area (Å²) in [4.78, 5) is 22.1. The summed E-state index contributed by atoms with van der Waals surface area (Å²) in [5, 5.41) is 2.62. The van der Waals surface area contributed by atoms with E-state index in [0.717, 1.165) is 19.3 Å². The number of hydrogen-bond donors (Lipinski definition) is 1. The Morgan fingerprint density at radius 1 is 1.58 bits per heavy atom. The number of cyclic esters (lactones) is 2. The Morgan fingerprint density at radius 2 is 2.33 bits per heavy atom. The van der Waals surface area contributed by atoms with Crippen LogP contribution in [0.1, 0.15) is 26.2 Å². The van der Waals surface area contributed by atoms with Crippen LogP contribution in [-0.2, 0) is 9.53 Å². The molecule has 0 aromatic rings. The Kier molecular flexibility index (Phi) is 1.40. The van der Waals surface area contributed by atoms with Gasteiger partial charge in [0.1, 0.15) is 5.54 Å². The van der Waals surface area contributed by atoms with Gasteiger partial charge in [-0.05, 0) is 18.8 Å². The zero-order valence-corrected chi connectivity index (χ0v) is 6.92. The first-order valence-corrected chi connectivity index (χ1v) is 4.19. The van der Waals surface area contributed by atoms with E-state index in [-0.39, 0.29) is 5.92 Å². The number of ether oxygens (including phenoxy) is 1. The second-order valence-corrected chi connectivity index (χ2v) is 3.57. The quantitative estimate of drug-likeness (QED) is 0.431. The number of esters is 1. The van der Waals surface area contributed by atoms with E-state index in [2.05, 4.69) is 10.1 Å². The van der Waals surface area contributed by atoms with Crippen LogP contribution in [0.3, 0.4) is 0 Å². The van der Waals surface area contributed by atoms with Crippen LogP contribution in [0.4, 0.5) is 4.79 Å². The predicted octanol–water partition coefficient (Wildman–Crippen LogP) is 0.812. The fourth-order valence-corrected chi connectivity index (χ4v) is 2.10. The summed E-state index contributed by atoms with van der Waals surface area (Å²) in [6.45, 7) is 1.97.